The molecule has 0 aliphatic rings. The first-order valence-electron chi connectivity index (χ1n) is 8.53. The Kier molecular flexibility index (Phi) is 4.52. The van der Waals surface area contributed by atoms with Crippen LogP contribution in [0.15, 0.2) is 54.6 Å². The minimum Gasteiger partial charge on any atom is -0.480 e. The third kappa shape index (κ3) is 3.78. The molecule has 0 saturated carbocycles. The number of aliphatic carboxylic acids is 1. The van der Waals surface area contributed by atoms with Gasteiger partial charge < -0.3 is 10.1 Å². The minimum absolute atomic E-state index is 0.152. The number of hydrogen-bond acceptors (Lipinski definition) is 4. The van der Waals surface area contributed by atoms with Gasteiger partial charge in [0.25, 0.3) is 0 Å². The van der Waals surface area contributed by atoms with E-state index in [4.69, 9.17) is 0 Å². The van der Waals surface area contributed by atoms with E-state index < -0.39 is 12.0 Å². The molecule has 7 heteroatoms. The fraction of sp³-hybridized carbons (Fsp3) is 0.150. The van der Waals surface area contributed by atoms with Crippen molar-refractivity contribution in [1.29, 1.82) is 0 Å². The van der Waals surface area contributed by atoms with Gasteiger partial charge in [-0.25, -0.2) is 9.37 Å². The van der Waals surface area contributed by atoms with Crippen LogP contribution in [0.25, 0.3) is 21.9 Å². The third-order valence-electron chi connectivity index (χ3n) is 4.37. The SMILES string of the molecule is O=C(O)[C@@H](Cc1nc2ccc(F)cc2[nH]1)NCc1ccc2ccccc2n1. The van der Waals surface area contributed by atoms with Gasteiger partial charge in [0.1, 0.15) is 17.7 Å². The highest BCUT2D eigenvalue weighted by atomic mass is 19.1. The molecule has 0 unspecified atom stereocenters. The molecule has 2 aromatic heterocycles. The molecular formula is C20H17FN4O2. The molecule has 2 aromatic carbocycles. The number of benzene rings is 2. The summed E-state index contributed by atoms with van der Waals surface area (Å²) in [6, 6.07) is 15.0. The monoisotopic (exact) mass is 364 g/mol. The zero-order valence-electron chi connectivity index (χ0n) is 14.3. The maximum Gasteiger partial charge on any atom is 0.321 e. The highest BCUT2D eigenvalue weighted by molar-refractivity contribution is 5.78. The molecule has 0 fully saturated rings. The fourth-order valence-electron chi connectivity index (χ4n) is 3.01. The Hall–Kier alpha value is -3.32. The summed E-state index contributed by atoms with van der Waals surface area (Å²) >= 11 is 0. The molecule has 3 N–H and O–H groups in total. The van der Waals surface area contributed by atoms with E-state index in [-0.39, 0.29) is 12.2 Å². The number of nitrogens with zero attached hydrogens (tertiary/aromatic N) is 2. The number of H-pyrrole nitrogens is 1. The van der Waals surface area contributed by atoms with Crippen LogP contribution in [0.1, 0.15) is 11.5 Å². The van der Waals surface area contributed by atoms with Gasteiger partial charge in [-0.1, -0.05) is 24.3 Å². The van der Waals surface area contributed by atoms with Crippen LogP contribution in [0.4, 0.5) is 4.39 Å². The lowest BCUT2D eigenvalue weighted by molar-refractivity contribution is -0.139. The third-order valence-corrected chi connectivity index (χ3v) is 4.37. The predicted octanol–water partition coefficient (Wildman–Crippen LogP) is 3.04. The molecule has 6 nitrogen and oxygen atoms in total. The number of halogens is 1. The first-order chi connectivity index (χ1) is 13.1. The average Bonchev–Trinajstić information content (AvgIpc) is 3.06. The maximum atomic E-state index is 13.3. The normalized spacial score (nSPS) is 12.5. The zero-order valence-corrected chi connectivity index (χ0v) is 14.3. The van der Waals surface area contributed by atoms with E-state index in [1.165, 1.54) is 12.1 Å². The Morgan fingerprint density at radius 3 is 2.81 bits per heavy atom. The van der Waals surface area contributed by atoms with Crippen LogP contribution in [0.2, 0.25) is 0 Å². The second kappa shape index (κ2) is 7.13. The van der Waals surface area contributed by atoms with Crippen molar-refractivity contribution in [3.8, 4) is 0 Å². The van der Waals surface area contributed by atoms with Crippen molar-refractivity contribution >= 4 is 27.9 Å². The van der Waals surface area contributed by atoms with Gasteiger partial charge in [-0.05, 0) is 30.3 Å². The second-order valence-corrected chi connectivity index (χ2v) is 6.32. The molecule has 136 valence electrons. The fourth-order valence-corrected chi connectivity index (χ4v) is 3.01. The molecule has 4 rings (SSSR count). The van der Waals surface area contributed by atoms with Crippen LogP contribution < -0.4 is 5.32 Å². The van der Waals surface area contributed by atoms with E-state index in [9.17, 15) is 14.3 Å². The summed E-state index contributed by atoms with van der Waals surface area (Å²) in [4.78, 5) is 23.5. The Morgan fingerprint density at radius 2 is 1.96 bits per heavy atom. The number of rotatable bonds is 6. The molecule has 0 aliphatic carbocycles. The first-order valence-corrected chi connectivity index (χ1v) is 8.53. The molecule has 1 atom stereocenters. The van der Waals surface area contributed by atoms with Gasteiger partial charge in [0.15, 0.2) is 0 Å². The van der Waals surface area contributed by atoms with E-state index in [0.717, 1.165) is 16.6 Å². The van der Waals surface area contributed by atoms with Crippen LogP contribution in [0, 0.1) is 5.82 Å². The summed E-state index contributed by atoms with van der Waals surface area (Å²) in [6.07, 6.45) is 0.152. The molecule has 2 heterocycles. The smallest absolute Gasteiger partial charge is 0.321 e. The molecule has 0 radical (unpaired) electrons. The van der Waals surface area contributed by atoms with E-state index >= 15 is 0 Å². The number of hydrogen-bond donors (Lipinski definition) is 3. The summed E-state index contributed by atoms with van der Waals surface area (Å²) < 4.78 is 13.3. The van der Waals surface area contributed by atoms with Crippen LogP contribution in [-0.4, -0.2) is 32.1 Å². The van der Waals surface area contributed by atoms with Crippen molar-refractivity contribution in [2.45, 2.75) is 19.0 Å². The van der Waals surface area contributed by atoms with Crippen molar-refractivity contribution in [3.63, 3.8) is 0 Å². The largest absolute Gasteiger partial charge is 0.480 e. The molecule has 27 heavy (non-hydrogen) atoms. The van der Waals surface area contributed by atoms with Crippen LogP contribution in [-0.2, 0) is 17.8 Å². The van der Waals surface area contributed by atoms with Gasteiger partial charge in [0, 0.05) is 18.4 Å². The average molecular weight is 364 g/mol. The molecule has 0 amide bonds. The van der Waals surface area contributed by atoms with Gasteiger partial charge in [-0.2, -0.15) is 0 Å². The van der Waals surface area contributed by atoms with E-state index in [1.54, 1.807) is 6.07 Å². The highest BCUT2D eigenvalue weighted by Gasteiger charge is 2.19. The number of aromatic amines is 1. The Bertz CT molecular complexity index is 1130. The topological polar surface area (TPSA) is 90.9 Å². The summed E-state index contributed by atoms with van der Waals surface area (Å²) in [5.41, 5.74) is 2.77. The van der Waals surface area contributed by atoms with Crippen LogP contribution in [0.5, 0.6) is 0 Å². The molecule has 0 saturated heterocycles. The Labute approximate surface area is 154 Å². The number of carboxylic acids is 1. The van der Waals surface area contributed by atoms with E-state index in [2.05, 4.69) is 20.3 Å². The van der Waals surface area contributed by atoms with Crippen LogP contribution in [0.3, 0.4) is 0 Å². The van der Waals surface area contributed by atoms with Gasteiger partial charge in [0.2, 0.25) is 0 Å². The number of aromatic nitrogens is 3. The van der Waals surface area contributed by atoms with Gasteiger partial charge in [-0.3, -0.25) is 15.1 Å². The number of para-hydroxylation sites is 1. The van der Waals surface area contributed by atoms with E-state index in [1.807, 2.05) is 36.4 Å². The lowest BCUT2D eigenvalue weighted by atomic mass is 10.1. The summed E-state index contributed by atoms with van der Waals surface area (Å²) in [5.74, 6) is -0.864. The lowest BCUT2D eigenvalue weighted by Gasteiger charge is -2.13. The maximum absolute atomic E-state index is 13.3. The van der Waals surface area contributed by atoms with Crippen molar-refractivity contribution in [3.05, 3.63) is 71.9 Å². The van der Waals surface area contributed by atoms with Crippen molar-refractivity contribution in [2.24, 2.45) is 0 Å². The first kappa shape index (κ1) is 17.1. The summed E-state index contributed by atoms with van der Waals surface area (Å²) in [7, 11) is 0. The van der Waals surface area contributed by atoms with E-state index in [0.29, 0.717) is 23.4 Å². The number of nitrogens with one attached hydrogen (secondary N) is 2. The molecule has 4 aromatic rings. The number of pyridine rings is 1. The highest BCUT2D eigenvalue weighted by Crippen LogP contribution is 2.15. The quantitative estimate of drug-likeness (QED) is 0.489. The summed E-state index contributed by atoms with van der Waals surface area (Å²) in [6.45, 7) is 0.316. The van der Waals surface area contributed by atoms with Gasteiger partial charge in [0.05, 0.1) is 22.2 Å². The number of imidazole rings is 1. The number of fused-ring (bicyclic) bond motifs is 2. The number of carbonyl (C=O) groups is 1. The molecule has 0 bridgehead atoms. The standard InChI is InChI=1S/C20H17FN4O2/c21-13-6-8-16-17(9-13)25-19(24-16)10-18(20(26)27)22-11-14-7-5-12-3-1-2-4-15(12)23-14/h1-9,18,22H,10-11H2,(H,24,25)(H,26,27)/t18-/m1/s1. The van der Waals surface area contributed by atoms with Crippen LogP contribution >= 0.6 is 0 Å². The van der Waals surface area contributed by atoms with Crippen molar-refractivity contribution < 1.29 is 14.3 Å². The summed E-state index contributed by atoms with van der Waals surface area (Å²) in [5, 5.41) is 13.6. The van der Waals surface area contributed by atoms with Gasteiger partial charge in [-0.15, -0.1) is 0 Å². The molecule has 0 aliphatic heterocycles. The number of carboxylic acid groups (broad SMARTS) is 1. The Balaban J connectivity index is 1.49. The van der Waals surface area contributed by atoms with Crippen molar-refractivity contribution in [1.82, 2.24) is 20.3 Å². The molecule has 0 spiro atoms. The zero-order chi connectivity index (χ0) is 18.8. The lowest BCUT2D eigenvalue weighted by Crippen LogP contribution is -2.38. The van der Waals surface area contributed by atoms with Crippen molar-refractivity contribution in [2.75, 3.05) is 0 Å². The second-order valence-electron chi connectivity index (χ2n) is 6.32. The molecular weight excluding hydrogens is 347 g/mol. The Morgan fingerprint density at radius 1 is 1.11 bits per heavy atom. The predicted molar refractivity (Wildman–Crippen MR) is 99.8 cm³/mol. The minimum atomic E-state index is -0.984. The van der Waals surface area contributed by atoms with Gasteiger partial charge >= 0.3 is 5.97 Å².